The molecular formula is C22H26N2O5S. The van der Waals surface area contributed by atoms with E-state index >= 15 is 0 Å². The molecule has 0 unspecified atom stereocenters. The van der Waals surface area contributed by atoms with Crippen LogP contribution in [0, 0.1) is 0 Å². The Morgan fingerprint density at radius 1 is 1.10 bits per heavy atom. The third-order valence-corrected chi connectivity index (χ3v) is 6.73. The van der Waals surface area contributed by atoms with Gasteiger partial charge < -0.3 is 14.8 Å². The molecule has 0 atom stereocenters. The second-order valence-corrected chi connectivity index (χ2v) is 9.83. The largest absolute Gasteiger partial charge is 0.454 e. The van der Waals surface area contributed by atoms with Crippen LogP contribution in [0.5, 0.6) is 11.5 Å². The summed E-state index contributed by atoms with van der Waals surface area (Å²) in [5.74, 6) is 1.24. The highest BCUT2D eigenvalue weighted by atomic mass is 32.2. The Morgan fingerprint density at radius 2 is 1.83 bits per heavy atom. The van der Waals surface area contributed by atoms with Crippen LogP contribution in [-0.2, 0) is 21.2 Å². The van der Waals surface area contributed by atoms with Crippen LogP contribution in [0.3, 0.4) is 0 Å². The van der Waals surface area contributed by atoms with E-state index in [1.165, 1.54) is 6.07 Å². The van der Waals surface area contributed by atoms with E-state index in [-0.39, 0.29) is 24.1 Å². The number of benzene rings is 2. The van der Waals surface area contributed by atoms with Crippen LogP contribution in [0.25, 0.3) is 0 Å². The van der Waals surface area contributed by atoms with Crippen molar-refractivity contribution in [3.05, 3.63) is 48.0 Å². The fourth-order valence-corrected chi connectivity index (χ4v) is 4.97. The van der Waals surface area contributed by atoms with E-state index in [2.05, 4.69) is 10.2 Å². The standard InChI is InChI=1S/C22H26N2O5S/c1-30(26,27)21-9-5-4-8-18(21)23-22(25)14-24(17-6-2-3-7-17)13-16-10-11-19-20(12-16)29-15-28-19/h4-5,8-12,17H,2-3,6-7,13-15H2,1H3,(H,23,25). The first-order chi connectivity index (χ1) is 14.4. The second kappa shape index (κ2) is 8.65. The molecule has 2 aromatic carbocycles. The third-order valence-electron chi connectivity index (χ3n) is 5.57. The molecule has 30 heavy (non-hydrogen) atoms. The van der Waals surface area contributed by atoms with Crippen LogP contribution in [0.15, 0.2) is 47.4 Å². The number of hydrogen-bond acceptors (Lipinski definition) is 6. The maximum Gasteiger partial charge on any atom is 0.238 e. The Balaban J connectivity index is 1.49. The average Bonchev–Trinajstić information content (AvgIpc) is 3.38. The SMILES string of the molecule is CS(=O)(=O)c1ccccc1NC(=O)CN(Cc1ccc2c(c1)OCO2)C1CCCC1. The zero-order valence-electron chi connectivity index (χ0n) is 17.0. The van der Waals surface area contributed by atoms with Crippen LogP contribution in [0.2, 0.25) is 0 Å². The van der Waals surface area contributed by atoms with E-state index in [1.807, 2.05) is 18.2 Å². The second-order valence-electron chi connectivity index (χ2n) is 7.85. The first-order valence-corrected chi connectivity index (χ1v) is 12.0. The van der Waals surface area contributed by atoms with Gasteiger partial charge in [-0.2, -0.15) is 0 Å². The molecule has 0 aromatic heterocycles. The third kappa shape index (κ3) is 4.76. The number of nitrogens with one attached hydrogen (secondary N) is 1. The van der Waals surface area contributed by atoms with Gasteiger partial charge in [0.25, 0.3) is 0 Å². The number of nitrogens with zero attached hydrogens (tertiary/aromatic N) is 1. The van der Waals surface area contributed by atoms with Gasteiger partial charge in [-0.05, 0) is 42.7 Å². The molecule has 1 saturated carbocycles. The zero-order valence-corrected chi connectivity index (χ0v) is 17.8. The number of rotatable bonds is 7. The summed E-state index contributed by atoms with van der Waals surface area (Å²) in [4.78, 5) is 15.1. The van der Waals surface area contributed by atoms with Gasteiger partial charge in [-0.15, -0.1) is 0 Å². The summed E-state index contributed by atoms with van der Waals surface area (Å²) in [6.45, 7) is 1.03. The first-order valence-electron chi connectivity index (χ1n) is 10.1. The monoisotopic (exact) mass is 430 g/mol. The summed E-state index contributed by atoms with van der Waals surface area (Å²) in [6.07, 6.45) is 5.56. The minimum absolute atomic E-state index is 0.126. The molecule has 0 bridgehead atoms. The number of carbonyl (C=O) groups is 1. The smallest absolute Gasteiger partial charge is 0.238 e. The fraction of sp³-hybridized carbons (Fsp3) is 0.409. The summed E-state index contributed by atoms with van der Waals surface area (Å²) in [6, 6.07) is 12.7. The van der Waals surface area contributed by atoms with Crippen molar-refractivity contribution < 1.29 is 22.7 Å². The number of amides is 1. The fourth-order valence-electron chi connectivity index (χ4n) is 4.12. The van der Waals surface area contributed by atoms with E-state index < -0.39 is 9.84 Å². The quantitative estimate of drug-likeness (QED) is 0.726. The maximum absolute atomic E-state index is 12.8. The molecule has 1 amide bonds. The van der Waals surface area contributed by atoms with Crippen molar-refractivity contribution in [3.63, 3.8) is 0 Å². The maximum atomic E-state index is 12.8. The molecule has 0 spiro atoms. The number of sulfone groups is 1. The van der Waals surface area contributed by atoms with Gasteiger partial charge in [-0.3, -0.25) is 9.69 Å². The van der Waals surface area contributed by atoms with Crippen molar-refractivity contribution >= 4 is 21.4 Å². The molecule has 8 heteroatoms. The lowest BCUT2D eigenvalue weighted by molar-refractivity contribution is -0.118. The van der Waals surface area contributed by atoms with Crippen molar-refractivity contribution in [2.24, 2.45) is 0 Å². The van der Waals surface area contributed by atoms with E-state index in [1.54, 1.807) is 18.2 Å². The average molecular weight is 431 g/mol. The van der Waals surface area contributed by atoms with E-state index in [0.29, 0.717) is 18.3 Å². The normalized spacial score (nSPS) is 16.2. The van der Waals surface area contributed by atoms with E-state index in [9.17, 15) is 13.2 Å². The van der Waals surface area contributed by atoms with Gasteiger partial charge in [-0.25, -0.2) is 8.42 Å². The van der Waals surface area contributed by atoms with Crippen molar-refractivity contribution in [2.75, 3.05) is 24.9 Å². The molecule has 2 aromatic rings. The topological polar surface area (TPSA) is 84.9 Å². The van der Waals surface area contributed by atoms with Crippen LogP contribution in [-0.4, -0.2) is 44.9 Å². The van der Waals surface area contributed by atoms with E-state index in [4.69, 9.17) is 9.47 Å². The van der Waals surface area contributed by atoms with Crippen LogP contribution in [0.1, 0.15) is 31.2 Å². The van der Waals surface area contributed by atoms with Gasteiger partial charge in [0.2, 0.25) is 12.7 Å². The summed E-state index contributed by atoms with van der Waals surface area (Å²) in [7, 11) is -3.43. The lowest BCUT2D eigenvalue weighted by atomic mass is 10.1. The predicted molar refractivity (Wildman–Crippen MR) is 113 cm³/mol. The Kier molecular flexibility index (Phi) is 5.97. The zero-order chi connectivity index (χ0) is 21.1. The van der Waals surface area contributed by atoms with Crippen LogP contribution < -0.4 is 14.8 Å². The number of carbonyl (C=O) groups excluding carboxylic acids is 1. The van der Waals surface area contributed by atoms with Crippen molar-refractivity contribution in [1.29, 1.82) is 0 Å². The lowest BCUT2D eigenvalue weighted by Gasteiger charge is -2.28. The van der Waals surface area contributed by atoms with Gasteiger partial charge in [0, 0.05) is 18.8 Å². The molecule has 0 saturated heterocycles. The predicted octanol–water partition coefficient (Wildman–Crippen LogP) is 3.20. The molecule has 1 fully saturated rings. The Labute approximate surface area is 176 Å². The van der Waals surface area contributed by atoms with Gasteiger partial charge in [-0.1, -0.05) is 31.0 Å². The Morgan fingerprint density at radius 3 is 2.60 bits per heavy atom. The number of hydrogen-bond donors (Lipinski definition) is 1. The highest BCUT2D eigenvalue weighted by Crippen LogP contribution is 2.33. The van der Waals surface area contributed by atoms with Crippen LogP contribution in [0.4, 0.5) is 5.69 Å². The highest BCUT2D eigenvalue weighted by molar-refractivity contribution is 7.90. The molecule has 2 aliphatic rings. The molecule has 0 radical (unpaired) electrons. The van der Waals surface area contributed by atoms with Crippen molar-refractivity contribution in [2.45, 2.75) is 43.2 Å². The molecular weight excluding hydrogens is 404 g/mol. The molecule has 7 nitrogen and oxygen atoms in total. The summed E-state index contributed by atoms with van der Waals surface area (Å²) in [5, 5.41) is 2.79. The molecule has 1 aliphatic heterocycles. The number of fused-ring (bicyclic) bond motifs is 1. The van der Waals surface area contributed by atoms with E-state index in [0.717, 1.165) is 49.0 Å². The summed E-state index contributed by atoms with van der Waals surface area (Å²) < 4.78 is 34.9. The van der Waals surface area contributed by atoms with Gasteiger partial charge in [0.05, 0.1) is 17.1 Å². The number of ether oxygens (including phenoxy) is 2. The molecule has 4 rings (SSSR count). The summed E-state index contributed by atoms with van der Waals surface area (Å²) in [5.41, 5.74) is 1.37. The van der Waals surface area contributed by atoms with Crippen molar-refractivity contribution in [1.82, 2.24) is 4.90 Å². The minimum Gasteiger partial charge on any atom is -0.454 e. The first kappa shape index (κ1) is 20.7. The van der Waals surface area contributed by atoms with Gasteiger partial charge >= 0.3 is 0 Å². The summed E-state index contributed by atoms with van der Waals surface area (Å²) >= 11 is 0. The van der Waals surface area contributed by atoms with Gasteiger partial charge in [0.1, 0.15) is 0 Å². The number of anilines is 1. The Bertz CT molecular complexity index is 1030. The number of para-hydroxylation sites is 1. The highest BCUT2D eigenvalue weighted by Gasteiger charge is 2.26. The van der Waals surface area contributed by atoms with Crippen molar-refractivity contribution in [3.8, 4) is 11.5 Å². The van der Waals surface area contributed by atoms with Gasteiger partial charge in [0.15, 0.2) is 21.3 Å². The Hall–Kier alpha value is -2.58. The molecule has 1 N–H and O–H groups in total. The molecule has 1 heterocycles. The molecule has 160 valence electrons. The minimum atomic E-state index is -3.43. The lowest BCUT2D eigenvalue weighted by Crippen LogP contribution is -2.39. The molecule has 1 aliphatic carbocycles. The van der Waals surface area contributed by atoms with Crippen LogP contribution >= 0.6 is 0 Å².